The minimum atomic E-state index is 0. The monoisotopic (exact) mass is 334 g/mol. The number of halogens is 1. The summed E-state index contributed by atoms with van der Waals surface area (Å²) in [5.74, 6) is 0. The molecule has 0 aliphatic rings. The molecule has 0 unspecified atom stereocenters. The lowest BCUT2D eigenvalue weighted by Gasteiger charge is -2.02. The van der Waals surface area contributed by atoms with Crippen molar-refractivity contribution in [3.63, 3.8) is 0 Å². The molecule has 0 saturated heterocycles. The molecule has 0 bridgehead atoms. The maximum Gasteiger partial charge on any atom is 0.182 e. The molecule has 0 saturated carbocycles. The number of nitrogens with one attached hydrogen (secondary N) is 1. The van der Waals surface area contributed by atoms with Crippen molar-refractivity contribution in [3.8, 4) is 0 Å². The van der Waals surface area contributed by atoms with Crippen molar-refractivity contribution in [2.24, 2.45) is 0 Å². The average Bonchev–Trinajstić information content (AvgIpc) is 2.51. The van der Waals surface area contributed by atoms with Crippen molar-refractivity contribution in [3.05, 3.63) is 29.1 Å². The predicted octanol–water partition coefficient (Wildman–Crippen LogP) is 3.60. The van der Waals surface area contributed by atoms with E-state index in [9.17, 15) is 0 Å². The molecule has 1 aromatic carbocycles. The maximum absolute atomic E-state index is 7.86. The minimum absolute atomic E-state index is 0. The molecule has 1 N–H and O–H groups in total. The van der Waals surface area contributed by atoms with Crippen LogP contribution in [0.3, 0.4) is 0 Å². The third kappa shape index (κ3) is 2.60. The van der Waals surface area contributed by atoms with Crippen LogP contribution < -0.4 is 4.80 Å². The van der Waals surface area contributed by atoms with Crippen LogP contribution in [0.4, 0.5) is 0 Å². The normalized spacial score (nSPS) is 10.2. The van der Waals surface area contributed by atoms with E-state index < -0.39 is 0 Å². The lowest BCUT2D eigenvalue weighted by atomic mass is 10.3. The van der Waals surface area contributed by atoms with Gasteiger partial charge < -0.3 is 4.57 Å². The lowest BCUT2D eigenvalue weighted by Crippen LogP contribution is -2.12. The van der Waals surface area contributed by atoms with E-state index in [1.165, 1.54) is 16.6 Å². The highest BCUT2D eigenvalue weighted by Gasteiger charge is 2.02. The molecule has 15 heavy (non-hydrogen) atoms. The summed E-state index contributed by atoms with van der Waals surface area (Å²) in [5, 5.41) is 7.86. The first-order chi connectivity index (χ1) is 6.83. The zero-order valence-electron chi connectivity index (χ0n) is 8.69. The molecule has 2 nitrogen and oxygen atoms in total. The van der Waals surface area contributed by atoms with Gasteiger partial charge in [-0.1, -0.05) is 36.8 Å². The number of hydrogen-bond donors (Lipinski definition) is 1. The summed E-state index contributed by atoms with van der Waals surface area (Å²) in [4.78, 5) is 0.666. The van der Waals surface area contributed by atoms with Crippen molar-refractivity contribution >= 4 is 45.5 Å². The van der Waals surface area contributed by atoms with Crippen LogP contribution in [0.5, 0.6) is 0 Å². The van der Waals surface area contributed by atoms with Gasteiger partial charge in [-0.3, -0.25) is 5.41 Å². The Morgan fingerprint density at radius 2 is 2.07 bits per heavy atom. The summed E-state index contributed by atoms with van der Waals surface area (Å²) in [6.45, 7) is 3.15. The second-order valence-corrected chi connectivity index (χ2v) is 4.41. The number of aromatic nitrogens is 1. The van der Waals surface area contributed by atoms with Crippen LogP contribution in [0.2, 0.25) is 0 Å². The molecule has 0 amide bonds. The summed E-state index contributed by atoms with van der Waals surface area (Å²) < 4.78 is 3.32. The van der Waals surface area contributed by atoms with Gasteiger partial charge in [0.05, 0.1) is 10.2 Å². The third-order valence-electron chi connectivity index (χ3n) is 2.34. The van der Waals surface area contributed by atoms with Gasteiger partial charge in [0.2, 0.25) is 0 Å². The Morgan fingerprint density at radius 1 is 1.33 bits per heavy atom. The van der Waals surface area contributed by atoms with Gasteiger partial charge in [-0.15, -0.1) is 24.0 Å². The first kappa shape index (κ1) is 12.7. The van der Waals surface area contributed by atoms with Gasteiger partial charge in [-0.05, 0) is 18.6 Å². The van der Waals surface area contributed by atoms with Crippen LogP contribution in [0.1, 0.15) is 19.8 Å². The molecule has 1 aromatic heterocycles. The molecule has 4 heteroatoms. The molecule has 2 rings (SSSR count). The molecular weight excluding hydrogens is 319 g/mol. The van der Waals surface area contributed by atoms with Gasteiger partial charge in [-0.25, -0.2) is 0 Å². The zero-order valence-corrected chi connectivity index (χ0v) is 11.8. The van der Waals surface area contributed by atoms with Crippen LogP contribution in [-0.4, -0.2) is 4.57 Å². The summed E-state index contributed by atoms with van der Waals surface area (Å²) in [7, 11) is 0. The fourth-order valence-corrected chi connectivity index (χ4v) is 2.51. The van der Waals surface area contributed by atoms with Crippen LogP contribution in [-0.2, 0) is 6.54 Å². The topological polar surface area (TPSA) is 28.8 Å². The van der Waals surface area contributed by atoms with E-state index in [4.69, 9.17) is 5.41 Å². The smallest absolute Gasteiger partial charge is 0.182 e. The predicted molar refractivity (Wildman–Crippen MR) is 76.0 cm³/mol. The van der Waals surface area contributed by atoms with Crippen LogP contribution in [0.25, 0.3) is 10.2 Å². The fraction of sp³-hybridized carbons (Fsp3) is 0.364. The summed E-state index contributed by atoms with van der Waals surface area (Å²) >= 11 is 1.56. The molecule has 0 aliphatic heterocycles. The van der Waals surface area contributed by atoms with Crippen LogP contribution in [0, 0.1) is 5.41 Å². The molecule has 0 atom stereocenters. The highest BCUT2D eigenvalue weighted by molar-refractivity contribution is 14.0. The van der Waals surface area contributed by atoms with E-state index in [0.717, 1.165) is 13.0 Å². The van der Waals surface area contributed by atoms with Crippen LogP contribution >= 0.6 is 35.3 Å². The Bertz CT molecular complexity index is 487. The molecule has 1 heterocycles. The van der Waals surface area contributed by atoms with E-state index in [-0.39, 0.29) is 24.0 Å². The van der Waals surface area contributed by atoms with E-state index in [1.54, 1.807) is 11.3 Å². The van der Waals surface area contributed by atoms with Gasteiger partial charge in [0.1, 0.15) is 0 Å². The number of unbranched alkanes of at least 4 members (excludes halogenated alkanes) is 1. The maximum atomic E-state index is 7.86. The van der Waals surface area contributed by atoms with E-state index in [0.29, 0.717) is 4.80 Å². The molecule has 0 radical (unpaired) electrons. The van der Waals surface area contributed by atoms with E-state index in [2.05, 4.69) is 23.6 Å². The van der Waals surface area contributed by atoms with E-state index >= 15 is 0 Å². The third-order valence-corrected chi connectivity index (χ3v) is 3.32. The molecule has 82 valence electrons. The largest absolute Gasteiger partial charge is 0.317 e. The number of rotatable bonds is 3. The van der Waals surface area contributed by atoms with Gasteiger partial charge in [0.15, 0.2) is 4.80 Å². The van der Waals surface area contributed by atoms with Crippen molar-refractivity contribution in [2.45, 2.75) is 26.3 Å². The molecule has 0 fully saturated rings. The first-order valence-electron chi connectivity index (χ1n) is 4.96. The number of hydrogen-bond acceptors (Lipinski definition) is 2. The second kappa shape index (κ2) is 5.65. The highest BCUT2D eigenvalue weighted by Crippen LogP contribution is 2.16. The standard InChI is InChI=1S/C11H14N2S.HI/c1-2-3-8-13-9-6-4-5-7-10(9)14-11(13)12;/h4-7,12H,2-3,8H2,1H3;1H. The SMILES string of the molecule is CCCCn1c(=N)sc2ccccc21.I. The van der Waals surface area contributed by atoms with Gasteiger partial charge in [0.25, 0.3) is 0 Å². The fourth-order valence-electron chi connectivity index (χ4n) is 1.57. The van der Waals surface area contributed by atoms with Gasteiger partial charge in [0, 0.05) is 6.54 Å². The first-order valence-corrected chi connectivity index (χ1v) is 5.77. The lowest BCUT2D eigenvalue weighted by molar-refractivity contribution is 0.631. The Kier molecular flexibility index (Phi) is 4.79. The van der Waals surface area contributed by atoms with Gasteiger partial charge in [-0.2, -0.15) is 0 Å². The van der Waals surface area contributed by atoms with Crippen molar-refractivity contribution < 1.29 is 0 Å². The molecular formula is C11H15IN2S. The Hall–Kier alpha value is -0.360. The van der Waals surface area contributed by atoms with Gasteiger partial charge >= 0.3 is 0 Å². The van der Waals surface area contributed by atoms with E-state index in [1.807, 2.05) is 12.1 Å². The van der Waals surface area contributed by atoms with Crippen LogP contribution in [0.15, 0.2) is 24.3 Å². The molecule has 0 aliphatic carbocycles. The Labute approximate surface area is 110 Å². The highest BCUT2D eigenvalue weighted by atomic mass is 127. The minimum Gasteiger partial charge on any atom is -0.317 e. The number of fused-ring (bicyclic) bond motifs is 1. The summed E-state index contributed by atoms with van der Waals surface area (Å²) in [6, 6.07) is 8.25. The zero-order chi connectivity index (χ0) is 9.97. The number of thiazole rings is 1. The number of benzene rings is 1. The average molecular weight is 334 g/mol. The van der Waals surface area contributed by atoms with Crippen molar-refractivity contribution in [2.75, 3.05) is 0 Å². The number of nitrogens with zero attached hydrogens (tertiary/aromatic N) is 1. The quantitative estimate of drug-likeness (QED) is 0.831. The van der Waals surface area contributed by atoms with Crippen molar-refractivity contribution in [1.82, 2.24) is 4.57 Å². The Morgan fingerprint density at radius 3 is 2.80 bits per heavy atom. The van der Waals surface area contributed by atoms with Crippen molar-refractivity contribution in [1.29, 1.82) is 5.41 Å². The number of para-hydroxylation sites is 1. The number of aryl methyl sites for hydroxylation is 1. The summed E-state index contributed by atoms with van der Waals surface area (Å²) in [6.07, 6.45) is 2.33. The molecule has 0 spiro atoms. The molecule has 2 aromatic rings. The summed E-state index contributed by atoms with van der Waals surface area (Å²) in [5.41, 5.74) is 1.20. The Balaban J connectivity index is 0.00000112. The second-order valence-electron chi connectivity index (χ2n) is 3.38.